The Kier molecular flexibility index (Phi) is 5.31. The number of ketones is 2. The van der Waals surface area contributed by atoms with Crippen LogP contribution in [0.1, 0.15) is 37.5 Å². The Morgan fingerprint density at radius 3 is 2.42 bits per heavy atom. The zero-order valence-electron chi connectivity index (χ0n) is 15.7. The van der Waals surface area contributed by atoms with Gasteiger partial charge in [-0.15, -0.1) is 0 Å². The van der Waals surface area contributed by atoms with Gasteiger partial charge in [-0.3, -0.25) is 9.59 Å². The molecule has 0 aliphatic heterocycles. The topological polar surface area (TPSA) is 41.3 Å². The average molecular weight is 349 g/mol. The Balaban J connectivity index is 1.91. The van der Waals surface area contributed by atoms with Gasteiger partial charge in [-0.25, -0.2) is 0 Å². The number of pyridine rings is 1. The highest BCUT2D eigenvalue weighted by Crippen LogP contribution is 2.30. The van der Waals surface area contributed by atoms with Crippen LogP contribution >= 0.6 is 0 Å². The molecule has 1 aromatic carbocycles. The van der Waals surface area contributed by atoms with Gasteiger partial charge in [0.2, 0.25) is 6.54 Å². The van der Waals surface area contributed by atoms with Crippen LogP contribution in [0.3, 0.4) is 0 Å². The maximum absolute atomic E-state index is 12.7. The molecule has 0 spiro atoms. The van der Waals surface area contributed by atoms with Gasteiger partial charge in [-0.1, -0.05) is 6.07 Å². The Hall–Kier alpha value is -2.75. The van der Waals surface area contributed by atoms with Crippen molar-refractivity contribution >= 4 is 28.9 Å². The lowest BCUT2D eigenvalue weighted by Gasteiger charge is -2.23. The third-order valence-electron chi connectivity index (χ3n) is 4.81. The zero-order chi connectivity index (χ0) is 18.7. The second kappa shape index (κ2) is 7.65. The molecule has 2 aromatic rings. The summed E-state index contributed by atoms with van der Waals surface area (Å²) < 4.78 is 1.82. The molecule has 134 valence electrons. The molecule has 4 nitrogen and oxygen atoms in total. The molecule has 26 heavy (non-hydrogen) atoms. The molecule has 0 saturated heterocycles. The van der Waals surface area contributed by atoms with Gasteiger partial charge in [0.05, 0.1) is 0 Å². The number of anilines is 1. The van der Waals surface area contributed by atoms with E-state index in [2.05, 4.69) is 36.9 Å². The number of hydrogen-bond donors (Lipinski definition) is 0. The number of nitrogens with zero attached hydrogens (tertiary/aromatic N) is 2. The zero-order valence-corrected chi connectivity index (χ0v) is 15.7. The lowest BCUT2D eigenvalue weighted by molar-refractivity contribution is -0.684. The van der Waals surface area contributed by atoms with Crippen LogP contribution in [-0.4, -0.2) is 24.7 Å². The first kappa shape index (κ1) is 18.1. The lowest BCUT2D eigenvalue weighted by Crippen LogP contribution is -2.36. The van der Waals surface area contributed by atoms with E-state index in [-0.39, 0.29) is 11.6 Å². The molecule has 0 unspecified atom stereocenters. The van der Waals surface area contributed by atoms with Crippen LogP contribution in [0, 0.1) is 0 Å². The third kappa shape index (κ3) is 3.74. The summed E-state index contributed by atoms with van der Waals surface area (Å²) in [5, 5.41) is 0. The highest BCUT2D eigenvalue weighted by molar-refractivity contribution is 6.27. The summed E-state index contributed by atoms with van der Waals surface area (Å²) in [5.41, 5.74) is 5.00. The van der Waals surface area contributed by atoms with Crippen molar-refractivity contribution < 1.29 is 14.2 Å². The third-order valence-corrected chi connectivity index (χ3v) is 4.81. The Labute approximate surface area is 154 Å². The van der Waals surface area contributed by atoms with E-state index in [0.29, 0.717) is 13.0 Å². The summed E-state index contributed by atoms with van der Waals surface area (Å²) in [6.07, 6.45) is 6.12. The van der Waals surface area contributed by atoms with Crippen LogP contribution in [0.5, 0.6) is 0 Å². The van der Waals surface area contributed by atoms with Gasteiger partial charge in [-0.2, -0.15) is 4.57 Å². The fourth-order valence-electron chi connectivity index (χ4n) is 3.42. The predicted octanol–water partition coefficient (Wildman–Crippen LogP) is 3.08. The molecule has 3 rings (SSSR count). The van der Waals surface area contributed by atoms with Crippen LogP contribution in [0.4, 0.5) is 5.69 Å². The van der Waals surface area contributed by atoms with E-state index in [1.54, 1.807) is 6.92 Å². The summed E-state index contributed by atoms with van der Waals surface area (Å²) in [6, 6.07) is 10.2. The summed E-state index contributed by atoms with van der Waals surface area (Å²) in [7, 11) is 0. The molecule has 1 aliphatic rings. The Morgan fingerprint density at radius 1 is 1.12 bits per heavy atom. The van der Waals surface area contributed by atoms with E-state index in [4.69, 9.17) is 0 Å². The maximum atomic E-state index is 12.7. The van der Waals surface area contributed by atoms with Gasteiger partial charge in [0.15, 0.2) is 24.0 Å². The van der Waals surface area contributed by atoms with Gasteiger partial charge < -0.3 is 4.90 Å². The van der Waals surface area contributed by atoms with Crippen LogP contribution in [0.15, 0.2) is 42.7 Å². The molecule has 1 aromatic heterocycles. The van der Waals surface area contributed by atoms with Crippen molar-refractivity contribution in [3.8, 4) is 0 Å². The number of benzene rings is 1. The Morgan fingerprint density at radius 2 is 1.81 bits per heavy atom. The smallest absolute Gasteiger partial charge is 0.206 e. The minimum Gasteiger partial charge on any atom is -0.372 e. The van der Waals surface area contributed by atoms with E-state index in [9.17, 15) is 9.59 Å². The SMILES string of the molecule is CCN(CC)c1ccc2c(c1)CC(=O)C(c1cc[n+](CC(C)=O)cc1)=C2. The van der Waals surface area contributed by atoms with E-state index < -0.39 is 0 Å². The molecule has 4 heteroatoms. The number of hydrogen-bond acceptors (Lipinski definition) is 3. The van der Waals surface area contributed by atoms with E-state index in [1.165, 1.54) is 5.69 Å². The Bertz CT molecular complexity index is 862. The van der Waals surface area contributed by atoms with Crippen LogP contribution in [0.2, 0.25) is 0 Å². The maximum Gasteiger partial charge on any atom is 0.206 e. The molecule has 1 heterocycles. The monoisotopic (exact) mass is 349 g/mol. The average Bonchev–Trinajstić information content (AvgIpc) is 2.62. The van der Waals surface area contributed by atoms with Crippen molar-refractivity contribution in [2.75, 3.05) is 18.0 Å². The number of aromatic nitrogens is 1. The first-order chi connectivity index (χ1) is 12.5. The van der Waals surface area contributed by atoms with Crippen molar-refractivity contribution in [2.24, 2.45) is 0 Å². The molecule has 0 saturated carbocycles. The summed E-state index contributed by atoms with van der Waals surface area (Å²) in [6.45, 7) is 8.10. The normalized spacial score (nSPS) is 13.2. The molecule has 0 N–H and O–H groups in total. The second-order valence-electron chi connectivity index (χ2n) is 6.67. The molecular formula is C22H25N2O2+. The fourth-order valence-corrected chi connectivity index (χ4v) is 3.42. The first-order valence-corrected chi connectivity index (χ1v) is 9.13. The lowest BCUT2D eigenvalue weighted by atomic mass is 9.87. The summed E-state index contributed by atoms with van der Waals surface area (Å²) in [5.74, 6) is 0.243. The van der Waals surface area contributed by atoms with Crippen molar-refractivity contribution in [1.29, 1.82) is 0 Å². The highest BCUT2D eigenvalue weighted by Gasteiger charge is 2.21. The van der Waals surface area contributed by atoms with Gasteiger partial charge in [0, 0.05) is 49.8 Å². The number of carbonyl (C=O) groups is 2. The first-order valence-electron chi connectivity index (χ1n) is 9.13. The highest BCUT2D eigenvalue weighted by atomic mass is 16.1. The number of allylic oxidation sites excluding steroid dienone is 1. The molecule has 0 radical (unpaired) electrons. The molecule has 0 atom stereocenters. The quantitative estimate of drug-likeness (QED) is 0.753. The molecule has 0 bridgehead atoms. The van der Waals surface area contributed by atoms with Crippen molar-refractivity contribution in [3.05, 3.63) is 59.4 Å². The van der Waals surface area contributed by atoms with Gasteiger partial charge >= 0.3 is 0 Å². The van der Waals surface area contributed by atoms with Crippen LogP contribution in [-0.2, 0) is 22.6 Å². The van der Waals surface area contributed by atoms with Crippen LogP contribution in [0.25, 0.3) is 11.6 Å². The van der Waals surface area contributed by atoms with Crippen molar-refractivity contribution in [1.82, 2.24) is 0 Å². The number of rotatable bonds is 6. The predicted molar refractivity (Wildman–Crippen MR) is 104 cm³/mol. The standard InChI is InChI=1S/C22H25N2O2/c1-4-24(5-2)20-7-6-18-13-21(22(26)14-19(18)12-20)17-8-10-23(11-9-17)15-16(3)25/h6-13H,4-5,14-15H2,1-3H3/q+1. The van der Waals surface area contributed by atoms with E-state index >= 15 is 0 Å². The van der Waals surface area contributed by atoms with Gasteiger partial charge in [-0.05, 0) is 48.7 Å². The molecule has 1 aliphatic carbocycles. The fraction of sp³-hybridized carbons (Fsp3) is 0.318. The molecule has 0 fully saturated rings. The van der Waals surface area contributed by atoms with Crippen LogP contribution < -0.4 is 9.47 Å². The van der Waals surface area contributed by atoms with Gasteiger partial charge in [0.25, 0.3) is 0 Å². The minimum absolute atomic E-state index is 0.105. The second-order valence-corrected chi connectivity index (χ2v) is 6.67. The van der Waals surface area contributed by atoms with E-state index in [1.807, 2.05) is 35.2 Å². The number of fused-ring (bicyclic) bond motifs is 1. The van der Waals surface area contributed by atoms with Crippen molar-refractivity contribution in [2.45, 2.75) is 33.7 Å². The minimum atomic E-state index is 0.105. The molecular weight excluding hydrogens is 324 g/mol. The summed E-state index contributed by atoms with van der Waals surface area (Å²) in [4.78, 5) is 26.2. The number of Topliss-reactive ketones (excluding diaryl/α,β-unsaturated/α-hetero) is 2. The van der Waals surface area contributed by atoms with Crippen molar-refractivity contribution in [3.63, 3.8) is 0 Å². The van der Waals surface area contributed by atoms with E-state index in [0.717, 1.165) is 35.4 Å². The summed E-state index contributed by atoms with van der Waals surface area (Å²) >= 11 is 0. The van der Waals surface area contributed by atoms with Gasteiger partial charge in [0.1, 0.15) is 0 Å². The molecule has 0 amide bonds. The number of carbonyl (C=O) groups excluding carboxylic acids is 2. The largest absolute Gasteiger partial charge is 0.372 e.